The van der Waals surface area contributed by atoms with Gasteiger partial charge in [-0.3, -0.25) is 0 Å². The van der Waals surface area contributed by atoms with Gasteiger partial charge in [0.15, 0.2) is 0 Å². The summed E-state index contributed by atoms with van der Waals surface area (Å²) in [4.78, 5) is 2.25. The van der Waals surface area contributed by atoms with Gasteiger partial charge < -0.3 is 10.2 Å². The van der Waals surface area contributed by atoms with Crippen molar-refractivity contribution in [1.82, 2.24) is 4.90 Å². The Morgan fingerprint density at radius 1 is 1.00 bits per heavy atom. The van der Waals surface area contributed by atoms with E-state index in [9.17, 15) is 0 Å². The van der Waals surface area contributed by atoms with Gasteiger partial charge in [0.2, 0.25) is 0 Å². The van der Waals surface area contributed by atoms with E-state index in [0.717, 1.165) is 6.54 Å². The molecular weight excluding hydrogens is 244 g/mol. The summed E-state index contributed by atoms with van der Waals surface area (Å²) in [5, 5.41) is 6.29. The highest BCUT2D eigenvalue weighted by Gasteiger charge is 2.12. The Balaban J connectivity index is 2.14. The molecule has 0 aromatic heterocycles. The van der Waals surface area contributed by atoms with Crippen molar-refractivity contribution in [1.29, 1.82) is 0 Å². The summed E-state index contributed by atoms with van der Waals surface area (Å²) in [6.07, 6.45) is 1.19. The van der Waals surface area contributed by atoms with Gasteiger partial charge in [0.05, 0.1) is 0 Å². The first-order valence-corrected chi connectivity index (χ1v) is 7.44. The Morgan fingerprint density at radius 2 is 1.70 bits per heavy atom. The molecule has 0 heterocycles. The van der Waals surface area contributed by atoms with Crippen LogP contribution in [0.2, 0.25) is 0 Å². The summed E-state index contributed by atoms with van der Waals surface area (Å²) >= 11 is 0. The Kier molecular flexibility index (Phi) is 5.02. The molecule has 1 unspecified atom stereocenters. The highest BCUT2D eigenvalue weighted by atomic mass is 15.1. The first kappa shape index (κ1) is 14.9. The zero-order valence-electron chi connectivity index (χ0n) is 13.1. The summed E-state index contributed by atoms with van der Waals surface area (Å²) in [6.45, 7) is 5.63. The molecule has 0 bridgehead atoms. The Morgan fingerprint density at radius 3 is 2.35 bits per heavy atom. The number of anilines is 1. The van der Waals surface area contributed by atoms with Gasteiger partial charge in [-0.05, 0) is 49.3 Å². The number of nitrogens with one attached hydrogen (secondary N) is 1. The zero-order chi connectivity index (χ0) is 14.5. The van der Waals surface area contributed by atoms with Crippen LogP contribution in [0, 0.1) is 5.92 Å². The number of rotatable bonds is 6. The van der Waals surface area contributed by atoms with E-state index in [1.165, 1.54) is 22.9 Å². The van der Waals surface area contributed by atoms with Crippen molar-refractivity contribution in [3.8, 4) is 0 Å². The Hall–Kier alpha value is -1.54. The maximum absolute atomic E-state index is 3.69. The van der Waals surface area contributed by atoms with Crippen LogP contribution in [-0.4, -0.2) is 31.6 Å². The molecule has 2 rings (SSSR count). The van der Waals surface area contributed by atoms with Gasteiger partial charge in [-0.2, -0.15) is 0 Å². The number of likely N-dealkylation sites (N-methyl/N-ethyl adjacent to an activating group) is 1. The molecule has 0 amide bonds. The number of fused-ring (bicyclic) bond motifs is 1. The van der Waals surface area contributed by atoms with Gasteiger partial charge in [-0.15, -0.1) is 0 Å². The van der Waals surface area contributed by atoms with Crippen LogP contribution in [0.25, 0.3) is 10.8 Å². The van der Waals surface area contributed by atoms with Crippen LogP contribution in [0.1, 0.15) is 20.3 Å². The van der Waals surface area contributed by atoms with Crippen LogP contribution < -0.4 is 5.32 Å². The molecule has 1 atom stereocenters. The maximum atomic E-state index is 3.69. The fourth-order valence-electron chi connectivity index (χ4n) is 2.70. The molecule has 0 fully saturated rings. The largest absolute Gasteiger partial charge is 0.381 e. The Bertz CT molecular complexity index is 536. The van der Waals surface area contributed by atoms with E-state index in [4.69, 9.17) is 0 Å². The second-order valence-corrected chi connectivity index (χ2v) is 6.29. The second-order valence-electron chi connectivity index (χ2n) is 6.29. The van der Waals surface area contributed by atoms with Crippen LogP contribution in [-0.2, 0) is 0 Å². The fourth-order valence-corrected chi connectivity index (χ4v) is 2.70. The minimum atomic E-state index is 0.492. The van der Waals surface area contributed by atoms with Crippen molar-refractivity contribution in [2.24, 2.45) is 5.92 Å². The van der Waals surface area contributed by atoms with Gasteiger partial charge >= 0.3 is 0 Å². The summed E-state index contributed by atoms with van der Waals surface area (Å²) in [5.41, 5.74) is 1.22. The van der Waals surface area contributed by atoms with Crippen molar-refractivity contribution in [2.75, 3.05) is 26.0 Å². The normalized spacial score (nSPS) is 13.1. The Labute approximate surface area is 122 Å². The third-order valence-electron chi connectivity index (χ3n) is 3.46. The van der Waals surface area contributed by atoms with Crippen LogP contribution in [0.15, 0.2) is 42.5 Å². The van der Waals surface area contributed by atoms with E-state index >= 15 is 0 Å². The summed E-state index contributed by atoms with van der Waals surface area (Å²) in [7, 11) is 4.27. The van der Waals surface area contributed by atoms with E-state index in [1.807, 2.05) is 0 Å². The summed E-state index contributed by atoms with van der Waals surface area (Å²) < 4.78 is 0. The van der Waals surface area contributed by atoms with Crippen molar-refractivity contribution in [2.45, 2.75) is 26.3 Å². The minimum Gasteiger partial charge on any atom is -0.381 e. The van der Waals surface area contributed by atoms with Gasteiger partial charge in [0.1, 0.15) is 0 Å². The molecule has 0 radical (unpaired) electrons. The average Bonchev–Trinajstić information content (AvgIpc) is 2.37. The molecule has 0 saturated heterocycles. The van der Waals surface area contributed by atoms with Crippen LogP contribution >= 0.6 is 0 Å². The van der Waals surface area contributed by atoms with Gasteiger partial charge in [-0.1, -0.05) is 44.2 Å². The lowest BCUT2D eigenvalue weighted by Gasteiger charge is -2.25. The van der Waals surface area contributed by atoms with E-state index in [1.54, 1.807) is 0 Å². The molecule has 0 aliphatic carbocycles. The lowest BCUT2D eigenvalue weighted by molar-refractivity contribution is 0.356. The smallest absolute Gasteiger partial charge is 0.0390 e. The van der Waals surface area contributed by atoms with Crippen molar-refractivity contribution < 1.29 is 0 Å². The number of hydrogen-bond donors (Lipinski definition) is 1. The fraction of sp³-hybridized carbons (Fsp3) is 0.444. The van der Waals surface area contributed by atoms with E-state index in [-0.39, 0.29) is 0 Å². The molecule has 2 aromatic carbocycles. The highest BCUT2D eigenvalue weighted by Crippen LogP contribution is 2.20. The average molecular weight is 270 g/mol. The van der Waals surface area contributed by atoms with Gasteiger partial charge in [0, 0.05) is 18.3 Å². The van der Waals surface area contributed by atoms with Crippen molar-refractivity contribution in [3.63, 3.8) is 0 Å². The molecule has 0 aliphatic heterocycles. The lowest BCUT2D eigenvalue weighted by atomic mass is 10.0. The van der Waals surface area contributed by atoms with Crippen LogP contribution in [0.4, 0.5) is 5.69 Å². The number of benzene rings is 2. The lowest BCUT2D eigenvalue weighted by Crippen LogP contribution is -2.33. The van der Waals surface area contributed by atoms with Gasteiger partial charge in [-0.25, -0.2) is 0 Å². The number of hydrogen-bond acceptors (Lipinski definition) is 2. The predicted octanol–water partition coefficient (Wildman–Crippen LogP) is 4.23. The number of nitrogens with zero attached hydrogens (tertiary/aromatic N) is 1. The second kappa shape index (κ2) is 6.76. The first-order valence-electron chi connectivity index (χ1n) is 7.44. The molecule has 20 heavy (non-hydrogen) atoms. The molecule has 0 spiro atoms. The molecule has 1 N–H and O–H groups in total. The summed E-state index contributed by atoms with van der Waals surface area (Å²) in [6, 6.07) is 15.6. The molecule has 0 saturated carbocycles. The maximum Gasteiger partial charge on any atom is 0.0390 e. The monoisotopic (exact) mass is 270 g/mol. The van der Waals surface area contributed by atoms with E-state index < -0.39 is 0 Å². The van der Waals surface area contributed by atoms with Gasteiger partial charge in [0.25, 0.3) is 0 Å². The zero-order valence-corrected chi connectivity index (χ0v) is 13.1. The van der Waals surface area contributed by atoms with Crippen LogP contribution in [0.3, 0.4) is 0 Å². The third-order valence-corrected chi connectivity index (χ3v) is 3.46. The molecule has 2 nitrogen and oxygen atoms in total. The molecule has 2 aromatic rings. The highest BCUT2D eigenvalue weighted by molar-refractivity contribution is 5.85. The van der Waals surface area contributed by atoms with E-state index in [0.29, 0.717) is 12.0 Å². The molecule has 0 aliphatic rings. The predicted molar refractivity (Wildman–Crippen MR) is 89.4 cm³/mol. The summed E-state index contributed by atoms with van der Waals surface area (Å²) in [5.74, 6) is 0.702. The van der Waals surface area contributed by atoms with E-state index in [2.05, 4.69) is 80.6 Å². The first-order chi connectivity index (χ1) is 9.54. The minimum absolute atomic E-state index is 0.492. The topological polar surface area (TPSA) is 15.3 Å². The SMILES string of the molecule is CC(C)CC(CN(C)C)Nc1ccc2ccccc2c1. The molecule has 2 heteroatoms. The standard InChI is InChI=1S/C18H26N2/c1-14(2)11-18(13-20(3)4)19-17-10-9-15-7-5-6-8-16(15)12-17/h5-10,12,14,18-19H,11,13H2,1-4H3. The van der Waals surface area contributed by atoms with Crippen molar-refractivity contribution in [3.05, 3.63) is 42.5 Å². The molecule has 108 valence electrons. The quantitative estimate of drug-likeness (QED) is 0.845. The third kappa shape index (κ3) is 4.24. The van der Waals surface area contributed by atoms with Crippen molar-refractivity contribution >= 4 is 16.5 Å². The van der Waals surface area contributed by atoms with Crippen LogP contribution in [0.5, 0.6) is 0 Å². The molecular formula is C18H26N2.